The quantitative estimate of drug-likeness (QED) is 0.299. The van der Waals surface area contributed by atoms with Crippen LogP contribution in [0.3, 0.4) is 0 Å². The molecule has 9 heteroatoms. The van der Waals surface area contributed by atoms with Crippen molar-refractivity contribution in [2.24, 2.45) is 5.16 Å². The van der Waals surface area contributed by atoms with Crippen molar-refractivity contribution in [3.63, 3.8) is 0 Å². The Morgan fingerprint density at radius 3 is 2.42 bits per heavy atom. The van der Waals surface area contributed by atoms with Crippen LogP contribution in [-0.4, -0.2) is 42.9 Å². The molecule has 9 nitrogen and oxygen atoms in total. The average molecular weight is 426 g/mol. The predicted octanol–water partition coefficient (Wildman–Crippen LogP) is 2.93. The number of anilines is 1. The SMILES string of the molecule is CC(=O)c1ccc(NC(=O)C(C)OC(=O)CO/N=C(\C)c2ccc3c(c2)OCO3)cc1. The van der Waals surface area contributed by atoms with E-state index in [0.717, 1.165) is 5.56 Å². The Morgan fingerprint density at radius 1 is 1.03 bits per heavy atom. The number of hydrogen-bond donors (Lipinski definition) is 1. The molecule has 0 aliphatic carbocycles. The summed E-state index contributed by atoms with van der Waals surface area (Å²) in [6.07, 6.45) is -1.04. The molecule has 1 aliphatic rings. The van der Waals surface area contributed by atoms with E-state index in [-0.39, 0.29) is 12.6 Å². The van der Waals surface area contributed by atoms with Crippen molar-refractivity contribution in [1.82, 2.24) is 0 Å². The van der Waals surface area contributed by atoms with Crippen LogP contribution in [-0.2, 0) is 19.2 Å². The van der Waals surface area contributed by atoms with Crippen molar-refractivity contribution in [1.29, 1.82) is 0 Å². The molecule has 2 aromatic carbocycles. The lowest BCUT2D eigenvalue weighted by molar-refractivity contribution is -0.157. The first-order chi connectivity index (χ1) is 14.8. The number of Topliss-reactive ketones (excluding diaryl/α,β-unsaturated/α-hetero) is 1. The molecule has 1 aliphatic heterocycles. The van der Waals surface area contributed by atoms with Crippen LogP contribution in [0.15, 0.2) is 47.6 Å². The molecule has 31 heavy (non-hydrogen) atoms. The summed E-state index contributed by atoms with van der Waals surface area (Å²) in [7, 11) is 0. The van der Waals surface area contributed by atoms with Gasteiger partial charge >= 0.3 is 5.97 Å². The van der Waals surface area contributed by atoms with Crippen LogP contribution in [0, 0.1) is 0 Å². The van der Waals surface area contributed by atoms with Crippen LogP contribution < -0.4 is 14.8 Å². The van der Waals surface area contributed by atoms with Crippen molar-refractivity contribution in [3.05, 3.63) is 53.6 Å². The summed E-state index contributed by atoms with van der Waals surface area (Å²) < 4.78 is 15.6. The van der Waals surface area contributed by atoms with Crippen LogP contribution >= 0.6 is 0 Å². The van der Waals surface area contributed by atoms with Gasteiger partial charge in [-0.1, -0.05) is 5.16 Å². The molecule has 0 saturated heterocycles. The van der Waals surface area contributed by atoms with E-state index in [1.165, 1.54) is 13.8 Å². The summed E-state index contributed by atoms with van der Waals surface area (Å²) in [6, 6.07) is 11.7. The highest BCUT2D eigenvalue weighted by molar-refractivity contribution is 5.99. The number of rotatable bonds is 8. The normalized spacial score (nSPS) is 13.3. The largest absolute Gasteiger partial charge is 0.454 e. The van der Waals surface area contributed by atoms with Gasteiger partial charge in [0.2, 0.25) is 13.4 Å². The van der Waals surface area contributed by atoms with Crippen LogP contribution in [0.25, 0.3) is 0 Å². The smallest absolute Gasteiger partial charge is 0.347 e. The van der Waals surface area contributed by atoms with E-state index >= 15 is 0 Å². The number of nitrogens with zero attached hydrogens (tertiary/aromatic N) is 1. The highest BCUT2D eigenvalue weighted by atomic mass is 16.7. The van der Waals surface area contributed by atoms with E-state index in [1.807, 2.05) is 0 Å². The standard InChI is InChI=1S/C22H22N2O7/c1-13(17-6-9-19-20(10-17)29-12-28-19)24-30-11-21(26)31-15(3)22(27)23-18-7-4-16(5-8-18)14(2)25/h4-10,15H,11-12H2,1-3H3,(H,23,27)/b24-13+. The van der Waals surface area contributed by atoms with Gasteiger partial charge in [-0.15, -0.1) is 0 Å². The maximum atomic E-state index is 12.2. The fourth-order valence-corrected chi connectivity index (χ4v) is 2.67. The zero-order chi connectivity index (χ0) is 22.4. The molecule has 0 spiro atoms. The second-order valence-electron chi connectivity index (χ2n) is 6.77. The lowest BCUT2D eigenvalue weighted by atomic mass is 10.1. The van der Waals surface area contributed by atoms with Crippen LogP contribution in [0.5, 0.6) is 11.5 Å². The highest BCUT2D eigenvalue weighted by Crippen LogP contribution is 2.32. The van der Waals surface area contributed by atoms with Gasteiger partial charge in [0.1, 0.15) is 0 Å². The first kappa shape index (κ1) is 21.8. The zero-order valence-corrected chi connectivity index (χ0v) is 17.3. The van der Waals surface area contributed by atoms with Crippen molar-refractivity contribution in [2.45, 2.75) is 26.9 Å². The number of ketones is 1. The summed E-state index contributed by atoms with van der Waals surface area (Å²) in [5.41, 5.74) is 2.30. The van der Waals surface area contributed by atoms with Gasteiger partial charge in [0.05, 0.1) is 5.71 Å². The van der Waals surface area contributed by atoms with Crippen LogP contribution in [0.1, 0.15) is 36.7 Å². The van der Waals surface area contributed by atoms with Gasteiger partial charge in [-0.2, -0.15) is 0 Å². The summed E-state index contributed by atoms with van der Waals surface area (Å²) in [4.78, 5) is 40.4. The third-order valence-electron chi connectivity index (χ3n) is 4.41. The Kier molecular flexibility index (Phi) is 6.86. The van der Waals surface area contributed by atoms with Gasteiger partial charge in [-0.3, -0.25) is 9.59 Å². The Hall–Kier alpha value is -3.88. The van der Waals surface area contributed by atoms with Crippen LogP contribution in [0.4, 0.5) is 5.69 Å². The van der Waals surface area contributed by atoms with E-state index in [0.29, 0.717) is 28.5 Å². The lowest BCUT2D eigenvalue weighted by Gasteiger charge is -2.13. The minimum Gasteiger partial charge on any atom is -0.454 e. The summed E-state index contributed by atoms with van der Waals surface area (Å²) in [5.74, 6) is -0.0530. The molecule has 0 fully saturated rings. The number of fused-ring (bicyclic) bond motifs is 1. The van der Waals surface area contributed by atoms with Gasteiger partial charge < -0.3 is 24.4 Å². The number of hydrogen-bond acceptors (Lipinski definition) is 8. The molecule has 1 unspecified atom stereocenters. The number of carbonyl (C=O) groups excluding carboxylic acids is 3. The predicted molar refractivity (Wildman–Crippen MR) is 111 cm³/mol. The van der Waals surface area contributed by atoms with Crippen molar-refractivity contribution >= 4 is 29.1 Å². The fraction of sp³-hybridized carbons (Fsp3) is 0.273. The van der Waals surface area contributed by atoms with Crippen molar-refractivity contribution < 1.29 is 33.4 Å². The molecule has 1 N–H and O–H groups in total. The topological polar surface area (TPSA) is 113 Å². The Balaban J connectivity index is 1.45. The number of nitrogens with one attached hydrogen (secondary N) is 1. The molecular formula is C22H22N2O7. The van der Waals surface area contributed by atoms with Crippen molar-refractivity contribution in [3.8, 4) is 11.5 Å². The van der Waals surface area contributed by atoms with Gasteiger partial charge in [-0.05, 0) is 63.2 Å². The molecule has 1 heterocycles. The number of amides is 1. The minimum absolute atomic E-state index is 0.0726. The molecule has 0 saturated carbocycles. The molecule has 3 rings (SSSR count). The molecular weight excluding hydrogens is 404 g/mol. The third-order valence-corrected chi connectivity index (χ3v) is 4.41. The summed E-state index contributed by atoms with van der Waals surface area (Å²) in [5, 5.41) is 6.51. The molecule has 1 amide bonds. The van der Waals surface area contributed by atoms with Gasteiger partial charge in [0.25, 0.3) is 5.91 Å². The second-order valence-corrected chi connectivity index (χ2v) is 6.77. The van der Waals surface area contributed by atoms with Crippen LogP contribution in [0.2, 0.25) is 0 Å². The maximum Gasteiger partial charge on any atom is 0.347 e. The van der Waals surface area contributed by atoms with Crippen molar-refractivity contribution in [2.75, 3.05) is 18.7 Å². The first-order valence-corrected chi connectivity index (χ1v) is 9.51. The summed E-state index contributed by atoms with van der Waals surface area (Å²) >= 11 is 0. The maximum absolute atomic E-state index is 12.2. The van der Waals surface area contributed by atoms with E-state index < -0.39 is 24.6 Å². The molecule has 162 valence electrons. The number of oxime groups is 1. The summed E-state index contributed by atoms with van der Waals surface area (Å²) in [6.45, 7) is 4.34. The highest BCUT2D eigenvalue weighted by Gasteiger charge is 2.19. The molecule has 0 bridgehead atoms. The third kappa shape index (κ3) is 5.81. The van der Waals surface area contributed by atoms with E-state index in [9.17, 15) is 14.4 Å². The van der Waals surface area contributed by atoms with E-state index in [2.05, 4.69) is 10.5 Å². The number of esters is 1. The second kappa shape index (κ2) is 9.75. The first-order valence-electron chi connectivity index (χ1n) is 9.51. The zero-order valence-electron chi connectivity index (χ0n) is 17.3. The van der Waals surface area contributed by atoms with E-state index in [1.54, 1.807) is 49.4 Å². The molecule has 2 aromatic rings. The molecule has 0 radical (unpaired) electrons. The van der Waals surface area contributed by atoms with Gasteiger partial charge in [0.15, 0.2) is 23.4 Å². The number of ether oxygens (including phenoxy) is 3. The molecule has 0 aromatic heterocycles. The average Bonchev–Trinajstić information content (AvgIpc) is 3.21. The Morgan fingerprint density at radius 2 is 1.71 bits per heavy atom. The lowest BCUT2D eigenvalue weighted by Crippen LogP contribution is -2.31. The van der Waals surface area contributed by atoms with Gasteiger partial charge in [-0.25, -0.2) is 4.79 Å². The molecule has 1 atom stereocenters. The number of carbonyl (C=O) groups is 3. The Labute approximate surface area is 178 Å². The number of benzene rings is 2. The van der Waals surface area contributed by atoms with E-state index in [4.69, 9.17) is 19.0 Å². The Bertz CT molecular complexity index is 1020. The minimum atomic E-state index is -1.04. The fourth-order valence-electron chi connectivity index (χ4n) is 2.67. The monoisotopic (exact) mass is 426 g/mol. The van der Waals surface area contributed by atoms with Gasteiger partial charge in [0, 0.05) is 16.8 Å².